The molecule has 3 N–H and O–H groups in total. The minimum Gasteiger partial charge on any atom is -0.504 e. The Morgan fingerprint density at radius 1 is 1.35 bits per heavy atom. The van der Waals surface area contributed by atoms with Gasteiger partial charge in [-0.3, -0.25) is 4.79 Å². The molecule has 0 spiro atoms. The molecule has 1 amide bonds. The molecule has 0 bridgehead atoms. The maximum Gasteiger partial charge on any atom is 0.321 e. The van der Waals surface area contributed by atoms with E-state index in [-0.39, 0.29) is 33.0 Å². The van der Waals surface area contributed by atoms with Crippen LogP contribution in [-0.2, 0) is 0 Å². The van der Waals surface area contributed by atoms with Crippen LogP contribution in [0.25, 0.3) is 0 Å². The summed E-state index contributed by atoms with van der Waals surface area (Å²) < 4.78 is 0. The minimum absolute atomic E-state index is 0.00440. The van der Waals surface area contributed by atoms with Gasteiger partial charge in [-0.2, -0.15) is 0 Å². The predicted molar refractivity (Wildman–Crippen MR) is 73.5 cm³/mol. The topological polar surface area (TPSA) is 108 Å². The molecule has 7 nitrogen and oxygen atoms in total. The van der Waals surface area contributed by atoms with Gasteiger partial charge in [0.15, 0.2) is 11.4 Å². The van der Waals surface area contributed by atoms with Crippen molar-refractivity contribution in [3.05, 3.63) is 50.1 Å². The van der Waals surface area contributed by atoms with E-state index >= 15 is 0 Å². The van der Waals surface area contributed by atoms with Crippen molar-refractivity contribution >= 4 is 40.6 Å². The fraction of sp³-hybridized carbons (Fsp3) is 0. The molecule has 2 aromatic rings. The Bertz CT molecular complexity index is 699. The van der Waals surface area contributed by atoms with Gasteiger partial charge >= 0.3 is 5.82 Å². The van der Waals surface area contributed by atoms with Crippen molar-refractivity contribution in [2.75, 3.05) is 5.32 Å². The highest BCUT2D eigenvalue weighted by atomic mass is 35.5. The molecular weight excluding hydrogens is 309 g/mol. The summed E-state index contributed by atoms with van der Waals surface area (Å²) in [5, 5.41) is 22.7. The van der Waals surface area contributed by atoms with Gasteiger partial charge in [0, 0.05) is 11.1 Å². The third-order valence-corrected chi connectivity index (χ3v) is 2.89. The Hall–Kier alpha value is -2.25. The van der Waals surface area contributed by atoms with Crippen molar-refractivity contribution in [1.82, 2.24) is 4.98 Å². The molecule has 9 heteroatoms. The van der Waals surface area contributed by atoms with Gasteiger partial charge in [-0.15, -0.1) is 0 Å². The van der Waals surface area contributed by atoms with Crippen LogP contribution in [0.2, 0.25) is 10.0 Å². The zero-order chi connectivity index (χ0) is 14.9. The average molecular weight is 316 g/mol. The molecule has 104 valence electrons. The first-order valence-electron chi connectivity index (χ1n) is 5.21. The third kappa shape index (κ3) is 2.84. The van der Waals surface area contributed by atoms with Crippen molar-refractivity contribution in [1.29, 1.82) is 0 Å². The molecule has 1 heterocycles. The lowest BCUT2D eigenvalue weighted by Gasteiger charge is -2.07. The van der Waals surface area contributed by atoms with Gasteiger partial charge < -0.3 is 20.5 Å². The van der Waals surface area contributed by atoms with E-state index in [0.29, 0.717) is 0 Å². The number of hydrogen-bond acceptors (Lipinski definition) is 4. The second-order valence-corrected chi connectivity index (χ2v) is 4.60. The normalized spacial score (nSPS) is 10.3. The zero-order valence-electron chi connectivity index (χ0n) is 9.68. The van der Waals surface area contributed by atoms with E-state index in [1.165, 1.54) is 18.2 Å². The number of aromatic hydroxyl groups is 1. The Kier molecular flexibility index (Phi) is 3.82. The summed E-state index contributed by atoms with van der Waals surface area (Å²) in [6.45, 7) is 0. The summed E-state index contributed by atoms with van der Waals surface area (Å²) in [6, 6.07) is 5.02. The number of hydrogen-bond donors (Lipinski definition) is 3. The van der Waals surface area contributed by atoms with Crippen molar-refractivity contribution in [3.63, 3.8) is 0 Å². The van der Waals surface area contributed by atoms with E-state index in [9.17, 15) is 20.0 Å². The molecule has 0 aliphatic rings. The van der Waals surface area contributed by atoms with Crippen LogP contribution < -0.4 is 5.32 Å². The number of aromatic nitrogens is 1. The summed E-state index contributed by atoms with van der Waals surface area (Å²) >= 11 is 11.5. The molecule has 2 rings (SSSR count). The quantitative estimate of drug-likeness (QED) is 0.459. The number of nitrogens with one attached hydrogen (secondary N) is 2. The fourth-order valence-electron chi connectivity index (χ4n) is 1.47. The number of benzene rings is 1. The Morgan fingerprint density at radius 2 is 2.05 bits per heavy atom. The number of aromatic amines is 1. The highest BCUT2D eigenvalue weighted by molar-refractivity contribution is 6.36. The molecule has 1 aromatic heterocycles. The number of carbonyl (C=O) groups is 1. The monoisotopic (exact) mass is 315 g/mol. The molecule has 0 aliphatic carbocycles. The van der Waals surface area contributed by atoms with Crippen LogP contribution in [0.1, 0.15) is 10.5 Å². The zero-order valence-corrected chi connectivity index (χ0v) is 11.2. The van der Waals surface area contributed by atoms with Crippen LogP contribution in [0.5, 0.6) is 5.75 Å². The van der Waals surface area contributed by atoms with Crippen LogP contribution in [0.15, 0.2) is 24.3 Å². The second-order valence-electron chi connectivity index (χ2n) is 3.75. The predicted octanol–water partition coefficient (Wildman–Crippen LogP) is 3.19. The molecule has 0 fully saturated rings. The number of nitrogens with zero attached hydrogens (tertiary/aromatic N) is 1. The SMILES string of the molecule is O=C(Nc1cc(Cl)cc(Cl)c1O)c1ccc([N+](=O)[O-])[nH]1. The number of halogens is 2. The molecule has 0 atom stereocenters. The van der Waals surface area contributed by atoms with Gasteiger partial charge in [0.05, 0.1) is 10.7 Å². The van der Waals surface area contributed by atoms with Gasteiger partial charge in [0.2, 0.25) is 0 Å². The van der Waals surface area contributed by atoms with Crippen molar-refractivity contribution in [2.45, 2.75) is 0 Å². The van der Waals surface area contributed by atoms with Gasteiger partial charge in [0.1, 0.15) is 0 Å². The van der Waals surface area contributed by atoms with E-state index in [1.807, 2.05) is 0 Å². The summed E-state index contributed by atoms with van der Waals surface area (Å²) in [5.41, 5.74) is -0.0306. The largest absolute Gasteiger partial charge is 0.504 e. The van der Waals surface area contributed by atoms with Gasteiger partial charge in [-0.05, 0) is 23.1 Å². The van der Waals surface area contributed by atoms with Crippen molar-refractivity contribution < 1.29 is 14.8 Å². The maximum absolute atomic E-state index is 11.9. The van der Waals surface area contributed by atoms with Crippen LogP contribution in [0.4, 0.5) is 11.5 Å². The van der Waals surface area contributed by atoms with Crippen LogP contribution in [0, 0.1) is 10.1 Å². The molecule has 0 saturated heterocycles. The number of amides is 1. The molecule has 1 aromatic carbocycles. The van der Waals surface area contributed by atoms with E-state index in [0.717, 1.165) is 6.07 Å². The van der Waals surface area contributed by atoms with Crippen LogP contribution >= 0.6 is 23.2 Å². The Labute approximate surface area is 122 Å². The number of nitro groups is 1. The van der Waals surface area contributed by atoms with E-state index in [4.69, 9.17) is 23.2 Å². The lowest BCUT2D eigenvalue weighted by atomic mass is 10.2. The fourth-order valence-corrected chi connectivity index (χ4v) is 1.97. The second kappa shape index (κ2) is 5.40. The Morgan fingerprint density at radius 3 is 2.65 bits per heavy atom. The van der Waals surface area contributed by atoms with Crippen molar-refractivity contribution in [3.8, 4) is 5.75 Å². The summed E-state index contributed by atoms with van der Waals surface area (Å²) in [6.07, 6.45) is 0. The minimum atomic E-state index is -0.674. The summed E-state index contributed by atoms with van der Waals surface area (Å²) in [7, 11) is 0. The highest BCUT2D eigenvalue weighted by Gasteiger charge is 2.17. The molecule has 0 radical (unpaired) electrons. The van der Waals surface area contributed by atoms with Crippen LogP contribution in [-0.4, -0.2) is 20.9 Å². The van der Waals surface area contributed by atoms with Gasteiger partial charge in [0.25, 0.3) is 5.91 Å². The first kappa shape index (κ1) is 14.2. The number of rotatable bonds is 3. The van der Waals surface area contributed by atoms with Crippen molar-refractivity contribution in [2.24, 2.45) is 0 Å². The number of H-pyrrole nitrogens is 1. The molecule has 0 aliphatic heterocycles. The molecule has 20 heavy (non-hydrogen) atoms. The van der Waals surface area contributed by atoms with Gasteiger partial charge in [-0.1, -0.05) is 23.2 Å². The molecule has 0 saturated carbocycles. The van der Waals surface area contributed by atoms with E-state index in [2.05, 4.69) is 10.3 Å². The first-order valence-corrected chi connectivity index (χ1v) is 5.97. The average Bonchev–Trinajstić information content (AvgIpc) is 2.85. The number of anilines is 1. The van der Waals surface area contributed by atoms with Gasteiger partial charge in [-0.25, -0.2) is 4.98 Å². The standard InChI is InChI=1S/C11H7Cl2N3O4/c12-5-3-6(13)10(17)8(4-5)15-11(18)7-1-2-9(14-7)16(19)20/h1-4,14,17H,(H,15,18). The Balaban J connectivity index is 2.25. The molecular formula is C11H7Cl2N3O4. The summed E-state index contributed by atoms with van der Waals surface area (Å²) in [5.74, 6) is -1.33. The smallest absolute Gasteiger partial charge is 0.321 e. The lowest BCUT2D eigenvalue weighted by Crippen LogP contribution is -2.12. The lowest BCUT2D eigenvalue weighted by molar-refractivity contribution is -0.389. The maximum atomic E-state index is 11.9. The third-order valence-electron chi connectivity index (χ3n) is 2.39. The summed E-state index contributed by atoms with van der Waals surface area (Å²) in [4.78, 5) is 24.0. The highest BCUT2D eigenvalue weighted by Crippen LogP contribution is 2.35. The first-order chi connectivity index (χ1) is 9.38. The number of carbonyl (C=O) groups excluding carboxylic acids is 1. The number of phenolic OH excluding ortho intramolecular Hbond substituents is 1. The molecule has 0 unspecified atom stereocenters. The number of phenols is 1. The van der Waals surface area contributed by atoms with E-state index in [1.54, 1.807) is 0 Å². The van der Waals surface area contributed by atoms with Crippen LogP contribution in [0.3, 0.4) is 0 Å². The van der Waals surface area contributed by atoms with E-state index < -0.39 is 10.8 Å².